The van der Waals surface area contributed by atoms with Crippen LogP contribution in [0.4, 0.5) is 19.0 Å². The predicted octanol–water partition coefficient (Wildman–Crippen LogP) is 9.59. The Hall–Kier alpha value is -3.88. The van der Waals surface area contributed by atoms with Crippen molar-refractivity contribution in [1.29, 1.82) is 0 Å². The van der Waals surface area contributed by atoms with E-state index in [1.807, 2.05) is 0 Å². The van der Waals surface area contributed by atoms with Crippen molar-refractivity contribution < 1.29 is 23.0 Å². The summed E-state index contributed by atoms with van der Waals surface area (Å²) in [7, 11) is -2.27. The number of hydrogen-bond donors (Lipinski definition) is 1. The normalized spacial score (nSPS) is 24.3. The van der Waals surface area contributed by atoms with E-state index in [-0.39, 0.29) is 40.7 Å². The summed E-state index contributed by atoms with van der Waals surface area (Å²) in [6.07, 6.45) is 6.23. The molecule has 3 saturated heterocycles. The Labute approximate surface area is 317 Å². The molecule has 286 valence electrons. The molecule has 4 fully saturated rings. The molecule has 2 aromatic carbocycles. The summed E-state index contributed by atoms with van der Waals surface area (Å²) in [5.41, 5.74) is 4.58. The Morgan fingerprint density at radius 2 is 1.78 bits per heavy atom. The molecule has 0 bridgehead atoms. The fraction of sp³-hybridized carbons (Fsp3) is 0.558. The Morgan fingerprint density at radius 3 is 2.54 bits per heavy atom. The molecule has 2 aromatic heterocycles. The van der Waals surface area contributed by atoms with E-state index in [0.29, 0.717) is 57.5 Å². The monoisotopic (exact) mass is 755 g/mol. The zero-order chi connectivity index (χ0) is 38.1. The van der Waals surface area contributed by atoms with Gasteiger partial charge in [0, 0.05) is 43.2 Å². The lowest BCUT2D eigenvalue weighted by Gasteiger charge is -2.38. The zero-order valence-corrected chi connectivity index (χ0v) is 33.4. The smallest absolute Gasteiger partial charge is 0.319 e. The van der Waals surface area contributed by atoms with Gasteiger partial charge in [-0.15, -0.1) is 5.54 Å². The maximum Gasteiger partial charge on any atom is 0.319 e. The molecule has 0 radical (unpaired) electrons. The molecular weight excluding hydrogens is 704 g/mol. The van der Waals surface area contributed by atoms with Crippen LogP contribution in [0.1, 0.15) is 85.6 Å². The number of hydrogen-bond acceptors (Lipinski definition) is 7. The van der Waals surface area contributed by atoms with Gasteiger partial charge >= 0.3 is 6.01 Å². The highest BCUT2D eigenvalue weighted by atomic mass is 28.3. The fourth-order valence-corrected chi connectivity index (χ4v) is 15.7. The molecule has 54 heavy (non-hydrogen) atoms. The second-order valence-corrected chi connectivity index (χ2v) is 23.0. The Balaban J connectivity index is 1.29. The minimum absolute atomic E-state index is 0.0403. The molecule has 1 N–H and O–H groups in total. The van der Waals surface area contributed by atoms with Crippen molar-refractivity contribution in [3.8, 4) is 34.5 Å². The third kappa shape index (κ3) is 6.31. The number of aromatic nitrogens is 3. The number of phenolic OH excluding ortho intramolecular Hbond substituents is 1. The number of anilines is 1. The maximum atomic E-state index is 17.3. The third-order valence-electron chi connectivity index (χ3n) is 13.3. The number of alkyl halides is 1. The van der Waals surface area contributed by atoms with Gasteiger partial charge in [0.1, 0.15) is 49.4 Å². The molecule has 7 nitrogen and oxygen atoms in total. The van der Waals surface area contributed by atoms with Crippen LogP contribution in [-0.4, -0.2) is 77.5 Å². The van der Waals surface area contributed by atoms with E-state index in [1.54, 1.807) is 18.3 Å². The second kappa shape index (κ2) is 14.0. The van der Waals surface area contributed by atoms with Crippen LogP contribution in [0, 0.1) is 34.9 Å². The van der Waals surface area contributed by atoms with Crippen molar-refractivity contribution in [3.05, 3.63) is 47.7 Å². The van der Waals surface area contributed by atoms with E-state index < -0.39 is 31.4 Å². The van der Waals surface area contributed by atoms with Crippen molar-refractivity contribution in [1.82, 2.24) is 19.9 Å². The lowest BCUT2D eigenvalue weighted by atomic mass is 9.95. The van der Waals surface area contributed by atoms with E-state index >= 15 is 8.78 Å². The first-order chi connectivity index (χ1) is 25.8. The number of fused-ring (bicyclic) bond motifs is 4. The third-order valence-corrected chi connectivity index (χ3v) is 19.6. The van der Waals surface area contributed by atoms with Crippen LogP contribution < -0.4 is 9.64 Å². The molecule has 8 rings (SSSR count). The first-order valence-corrected chi connectivity index (χ1v) is 22.2. The Morgan fingerprint density at radius 1 is 1.00 bits per heavy atom. The van der Waals surface area contributed by atoms with Crippen molar-refractivity contribution in [2.24, 2.45) is 11.8 Å². The summed E-state index contributed by atoms with van der Waals surface area (Å²) in [4.78, 5) is 18.7. The summed E-state index contributed by atoms with van der Waals surface area (Å²) in [5, 5.41) is 12.3. The van der Waals surface area contributed by atoms with Crippen LogP contribution >= 0.6 is 0 Å². The number of nitrogens with zero attached hydrogens (tertiary/aromatic N) is 5. The van der Waals surface area contributed by atoms with Gasteiger partial charge in [-0.3, -0.25) is 9.88 Å². The Bertz CT molecular complexity index is 2150. The van der Waals surface area contributed by atoms with E-state index in [2.05, 4.69) is 72.8 Å². The van der Waals surface area contributed by atoms with Gasteiger partial charge in [0.05, 0.1) is 16.5 Å². The molecule has 4 aliphatic rings. The fourth-order valence-electron chi connectivity index (χ4n) is 10.5. The van der Waals surface area contributed by atoms with E-state index in [1.165, 1.54) is 18.6 Å². The SMILES string of the molecule is CC(C)[Si](C#Cc1c(F)ccc2cc(O)cc(-c3ncc4c(N5CCCC6CC6C5)nc(OC[C@@]56CCCN5C[C@H](F)C6)nc4c3F)c12)(C(C)C)C(C)C. The van der Waals surface area contributed by atoms with Crippen LogP contribution in [0.15, 0.2) is 30.5 Å². The minimum atomic E-state index is -2.27. The van der Waals surface area contributed by atoms with Gasteiger partial charge < -0.3 is 14.7 Å². The molecule has 4 atom stereocenters. The largest absolute Gasteiger partial charge is 0.508 e. The molecule has 1 saturated carbocycles. The average molecular weight is 756 g/mol. The van der Waals surface area contributed by atoms with Crippen molar-refractivity contribution in [3.63, 3.8) is 0 Å². The summed E-state index contributed by atoms with van der Waals surface area (Å²) in [5.74, 6) is 3.83. The van der Waals surface area contributed by atoms with Crippen LogP contribution in [0.2, 0.25) is 16.6 Å². The van der Waals surface area contributed by atoms with Crippen LogP contribution in [0.25, 0.3) is 32.9 Å². The number of phenols is 1. The molecule has 1 aliphatic carbocycles. The van der Waals surface area contributed by atoms with Crippen molar-refractivity contribution in [2.45, 2.75) is 108 Å². The first kappa shape index (κ1) is 37.1. The zero-order valence-electron chi connectivity index (χ0n) is 32.4. The molecule has 0 amide bonds. The van der Waals surface area contributed by atoms with Crippen LogP contribution in [0.3, 0.4) is 0 Å². The molecule has 3 aliphatic heterocycles. The first-order valence-electron chi connectivity index (χ1n) is 19.9. The topological polar surface area (TPSA) is 74.6 Å². The van der Waals surface area contributed by atoms with Gasteiger partial charge in [0.2, 0.25) is 0 Å². The highest BCUT2D eigenvalue weighted by molar-refractivity contribution is 6.90. The molecule has 2 unspecified atom stereocenters. The summed E-state index contributed by atoms with van der Waals surface area (Å²) in [6.45, 7) is 16.3. The summed E-state index contributed by atoms with van der Waals surface area (Å²) < 4.78 is 54.4. The summed E-state index contributed by atoms with van der Waals surface area (Å²) in [6, 6.07) is 5.98. The highest BCUT2D eigenvalue weighted by Gasteiger charge is 2.49. The number of aromatic hydroxyl groups is 1. The number of ether oxygens (including phenoxy) is 1. The van der Waals surface area contributed by atoms with E-state index in [0.717, 1.165) is 51.2 Å². The van der Waals surface area contributed by atoms with Crippen LogP contribution in [0.5, 0.6) is 11.8 Å². The van der Waals surface area contributed by atoms with E-state index in [4.69, 9.17) is 9.72 Å². The standard InChI is InChI=1S/C43H52F3N5O2Si/c1-25(2)54(26(3)4,27(5)6)16-12-33-36(45)11-10-29-18-32(52)19-34(37(29)33)39-38(46)40-35(21-47-39)41(50-14-7-9-28-17-30(28)22-50)49-42(48-40)53-24-43-13-8-15-51(43)23-31(44)20-43/h10-11,18-19,21,25-28,30-31,52H,7-9,13-15,17,20,22-24H2,1-6H3/t28?,30?,31-,43+/m1/s1. The number of benzene rings is 2. The van der Waals surface area contributed by atoms with E-state index in [9.17, 15) is 9.50 Å². The van der Waals surface area contributed by atoms with Gasteiger partial charge in [0.25, 0.3) is 0 Å². The Kier molecular flexibility index (Phi) is 9.61. The minimum Gasteiger partial charge on any atom is -0.508 e. The maximum absolute atomic E-state index is 17.3. The molecule has 5 heterocycles. The quantitative estimate of drug-likeness (QED) is 0.142. The van der Waals surface area contributed by atoms with Gasteiger partial charge in [0.15, 0.2) is 5.82 Å². The van der Waals surface area contributed by atoms with Crippen molar-refractivity contribution in [2.75, 3.05) is 37.7 Å². The lowest BCUT2D eigenvalue weighted by Crippen LogP contribution is -2.43. The molecular formula is C43H52F3N5O2Si. The molecule has 11 heteroatoms. The van der Waals surface area contributed by atoms with Crippen molar-refractivity contribution >= 4 is 35.6 Å². The van der Waals surface area contributed by atoms with Gasteiger partial charge in [-0.1, -0.05) is 53.5 Å². The van der Waals surface area contributed by atoms with Gasteiger partial charge in [-0.2, -0.15) is 9.97 Å². The lowest BCUT2D eigenvalue weighted by molar-refractivity contribution is 0.107. The molecule has 4 aromatic rings. The molecule has 0 spiro atoms. The van der Waals surface area contributed by atoms with Gasteiger partial charge in [-0.05, 0) is 90.7 Å². The predicted molar refractivity (Wildman–Crippen MR) is 211 cm³/mol. The second-order valence-electron chi connectivity index (χ2n) is 17.4. The summed E-state index contributed by atoms with van der Waals surface area (Å²) >= 11 is 0. The van der Waals surface area contributed by atoms with Gasteiger partial charge in [-0.25, -0.2) is 13.2 Å². The number of halogens is 3. The average Bonchev–Trinajstić information content (AvgIpc) is 3.69. The number of rotatable bonds is 8. The van der Waals surface area contributed by atoms with Crippen LogP contribution in [-0.2, 0) is 0 Å². The number of pyridine rings is 1. The highest BCUT2D eigenvalue weighted by Crippen LogP contribution is 2.47.